The van der Waals surface area contributed by atoms with Crippen molar-refractivity contribution in [3.05, 3.63) is 52.9 Å². The highest BCUT2D eigenvalue weighted by Crippen LogP contribution is 2.21. The van der Waals surface area contributed by atoms with E-state index >= 15 is 0 Å². The van der Waals surface area contributed by atoms with E-state index in [4.69, 9.17) is 9.88 Å². The Labute approximate surface area is 193 Å². The lowest BCUT2D eigenvalue weighted by Crippen LogP contribution is -2.39. The molecule has 3 rings (SSSR count). The van der Waals surface area contributed by atoms with Crippen LogP contribution in [0, 0.1) is 5.92 Å². The lowest BCUT2D eigenvalue weighted by molar-refractivity contribution is 0.0906. The second-order valence-electron chi connectivity index (χ2n) is 6.77. The topological polar surface area (TPSA) is 97.0 Å². The number of rotatable bonds is 7. The monoisotopic (exact) mass is 550 g/mol. The minimum atomic E-state index is -3.64. The molecule has 2 heterocycles. The molecule has 0 aliphatic carbocycles. The average Bonchev–Trinajstić information content (AvgIpc) is 3.33. The highest BCUT2D eigenvalue weighted by atomic mass is 127. The van der Waals surface area contributed by atoms with Gasteiger partial charge in [0.1, 0.15) is 4.21 Å². The number of nitrogens with one attached hydrogen (secondary N) is 1. The van der Waals surface area contributed by atoms with Crippen LogP contribution >= 0.6 is 35.3 Å². The molecule has 1 aliphatic rings. The molecular weight excluding hydrogens is 523 g/mol. The van der Waals surface area contributed by atoms with Crippen molar-refractivity contribution in [2.75, 3.05) is 26.7 Å². The van der Waals surface area contributed by atoms with Crippen LogP contribution in [0.2, 0.25) is 0 Å². The van der Waals surface area contributed by atoms with Crippen LogP contribution in [0.3, 0.4) is 0 Å². The van der Waals surface area contributed by atoms with E-state index in [9.17, 15) is 8.42 Å². The number of sulfonamides is 1. The van der Waals surface area contributed by atoms with Gasteiger partial charge in [-0.05, 0) is 24.1 Å². The normalized spacial score (nSPS) is 17.2. The molecule has 1 unspecified atom stereocenters. The minimum absolute atomic E-state index is 0. The van der Waals surface area contributed by atoms with Gasteiger partial charge in [-0.3, -0.25) is 4.99 Å². The fourth-order valence-electron chi connectivity index (χ4n) is 3.18. The molecule has 10 heteroatoms. The van der Waals surface area contributed by atoms with Gasteiger partial charge >= 0.3 is 0 Å². The first kappa shape index (κ1) is 24.1. The number of primary sulfonamides is 1. The molecule has 1 saturated heterocycles. The van der Waals surface area contributed by atoms with Gasteiger partial charge in [0.15, 0.2) is 5.96 Å². The zero-order valence-corrected chi connectivity index (χ0v) is 20.2. The Morgan fingerprint density at radius 3 is 2.72 bits per heavy atom. The Bertz CT molecular complexity index is 903. The molecule has 1 aromatic heterocycles. The first-order valence-electron chi connectivity index (χ1n) is 9.14. The fraction of sp³-hybridized carbons (Fsp3) is 0.421. The average molecular weight is 550 g/mol. The summed E-state index contributed by atoms with van der Waals surface area (Å²) in [5.41, 5.74) is 1.18. The molecule has 7 nitrogen and oxygen atoms in total. The lowest BCUT2D eigenvalue weighted by Gasteiger charge is -2.21. The molecule has 0 saturated carbocycles. The summed E-state index contributed by atoms with van der Waals surface area (Å²) < 4.78 is 28.8. The number of halogens is 1. The van der Waals surface area contributed by atoms with Gasteiger partial charge in [0, 0.05) is 30.9 Å². The van der Waals surface area contributed by atoms with Gasteiger partial charge in [0.25, 0.3) is 0 Å². The van der Waals surface area contributed by atoms with E-state index in [-0.39, 0.29) is 28.2 Å². The van der Waals surface area contributed by atoms with Crippen molar-refractivity contribution in [1.82, 2.24) is 10.2 Å². The van der Waals surface area contributed by atoms with E-state index in [1.807, 2.05) is 18.2 Å². The number of aliphatic imine (C=N–C) groups is 1. The Balaban J connectivity index is 0.00000300. The third-order valence-corrected chi connectivity index (χ3v) is 7.12. The molecule has 1 aliphatic heterocycles. The second kappa shape index (κ2) is 11.3. The number of benzene rings is 1. The molecule has 29 heavy (non-hydrogen) atoms. The molecule has 3 N–H and O–H groups in total. The molecule has 0 radical (unpaired) electrons. The number of thiophene rings is 1. The van der Waals surface area contributed by atoms with Gasteiger partial charge in [0.2, 0.25) is 10.0 Å². The molecule has 160 valence electrons. The van der Waals surface area contributed by atoms with Crippen LogP contribution in [-0.2, 0) is 27.9 Å². The van der Waals surface area contributed by atoms with Gasteiger partial charge < -0.3 is 15.0 Å². The van der Waals surface area contributed by atoms with E-state index in [1.54, 1.807) is 13.1 Å². The summed E-state index contributed by atoms with van der Waals surface area (Å²) >= 11 is 1.18. The smallest absolute Gasteiger partial charge is 0.247 e. The van der Waals surface area contributed by atoms with E-state index in [2.05, 4.69) is 27.3 Å². The Hall–Kier alpha value is -1.21. The third kappa shape index (κ3) is 7.21. The molecule has 1 aromatic carbocycles. The number of hydrogen-bond donors (Lipinski definition) is 2. The maximum absolute atomic E-state index is 11.4. The molecule has 0 bridgehead atoms. The zero-order valence-electron chi connectivity index (χ0n) is 16.3. The van der Waals surface area contributed by atoms with Gasteiger partial charge in [-0.25, -0.2) is 13.6 Å². The number of nitrogens with two attached hydrogens (primary N) is 1. The molecule has 0 spiro atoms. The zero-order chi connectivity index (χ0) is 20.0. The van der Waals surface area contributed by atoms with E-state index in [0.29, 0.717) is 19.1 Å². The largest absolute Gasteiger partial charge is 0.376 e. The highest BCUT2D eigenvalue weighted by Gasteiger charge is 2.25. The molecule has 1 fully saturated rings. The quantitative estimate of drug-likeness (QED) is 0.314. The first-order chi connectivity index (χ1) is 13.5. The number of nitrogens with zero attached hydrogens (tertiary/aromatic N) is 2. The molecule has 1 atom stereocenters. The van der Waals surface area contributed by atoms with Crippen LogP contribution in [0.15, 0.2) is 51.7 Å². The Morgan fingerprint density at radius 2 is 2.07 bits per heavy atom. The molecule has 2 aromatic rings. The lowest BCUT2D eigenvalue weighted by atomic mass is 10.1. The maximum atomic E-state index is 11.4. The third-order valence-electron chi connectivity index (χ3n) is 4.60. The Morgan fingerprint density at radius 1 is 1.31 bits per heavy atom. The predicted octanol–water partition coefficient (Wildman–Crippen LogP) is 2.63. The number of likely N-dealkylation sites (tertiary alicyclic amines) is 1. The minimum Gasteiger partial charge on any atom is -0.376 e. The van der Waals surface area contributed by atoms with Crippen LogP contribution in [-0.4, -0.2) is 46.0 Å². The summed E-state index contributed by atoms with van der Waals surface area (Å²) in [4.78, 5) is 7.46. The summed E-state index contributed by atoms with van der Waals surface area (Å²) in [7, 11) is -1.89. The van der Waals surface area contributed by atoms with Gasteiger partial charge in [-0.1, -0.05) is 30.3 Å². The fourth-order valence-corrected chi connectivity index (χ4v) is 4.90. The number of ether oxygens (including phenoxy) is 1. The van der Waals surface area contributed by atoms with Crippen molar-refractivity contribution in [3.8, 4) is 0 Å². The maximum Gasteiger partial charge on any atom is 0.247 e. The van der Waals surface area contributed by atoms with Gasteiger partial charge in [0.05, 0.1) is 19.8 Å². The van der Waals surface area contributed by atoms with E-state index < -0.39 is 10.0 Å². The van der Waals surface area contributed by atoms with Crippen molar-refractivity contribution < 1.29 is 13.2 Å². The summed E-state index contributed by atoms with van der Waals surface area (Å²) in [6, 6.07) is 13.5. The van der Waals surface area contributed by atoms with Gasteiger partial charge in [-0.15, -0.1) is 35.3 Å². The van der Waals surface area contributed by atoms with Crippen LogP contribution < -0.4 is 10.5 Å². The van der Waals surface area contributed by atoms with E-state index in [0.717, 1.165) is 37.0 Å². The van der Waals surface area contributed by atoms with E-state index in [1.165, 1.54) is 23.0 Å². The first-order valence-corrected chi connectivity index (χ1v) is 11.5. The van der Waals surface area contributed by atoms with Crippen molar-refractivity contribution >= 4 is 51.3 Å². The predicted molar refractivity (Wildman–Crippen MR) is 127 cm³/mol. The molecular formula is C19H27IN4O3S2. The van der Waals surface area contributed by atoms with Crippen molar-refractivity contribution in [2.45, 2.75) is 23.8 Å². The van der Waals surface area contributed by atoms with Crippen molar-refractivity contribution in [2.24, 2.45) is 16.0 Å². The molecule has 0 amide bonds. The van der Waals surface area contributed by atoms with Crippen molar-refractivity contribution in [3.63, 3.8) is 0 Å². The van der Waals surface area contributed by atoms with Crippen LogP contribution in [0.1, 0.15) is 16.9 Å². The standard InChI is InChI=1S/C19H26N4O3S2.HI/c1-21-19(22-11-17-7-8-18(27-17)28(20,24)25)23-10-9-16(12-23)14-26-13-15-5-3-2-4-6-15;/h2-8,16H,9-14H2,1H3,(H,21,22)(H2,20,24,25);1H. The van der Waals surface area contributed by atoms with Gasteiger partial charge in [-0.2, -0.15) is 0 Å². The van der Waals surface area contributed by atoms with Crippen LogP contribution in [0.4, 0.5) is 0 Å². The number of hydrogen-bond acceptors (Lipinski definition) is 5. The summed E-state index contributed by atoms with van der Waals surface area (Å²) in [6.07, 6.45) is 1.06. The SMILES string of the molecule is CN=C(NCc1ccc(S(N)(=O)=O)s1)N1CCC(COCc2ccccc2)C1.I. The highest BCUT2D eigenvalue weighted by molar-refractivity contribution is 14.0. The number of guanidine groups is 1. The summed E-state index contributed by atoms with van der Waals surface area (Å²) in [5.74, 6) is 1.29. The second-order valence-corrected chi connectivity index (χ2v) is 9.72. The Kier molecular flexibility index (Phi) is 9.34. The van der Waals surface area contributed by atoms with Crippen LogP contribution in [0.5, 0.6) is 0 Å². The summed E-state index contributed by atoms with van der Waals surface area (Å²) in [6.45, 7) is 3.69. The summed E-state index contributed by atoms with van der Waals surface area (Å²) in [5, 5.41) is 8.47. The van der Waals surface area contributed by atoms with Crippen molar-refractivity contribution in [1.29, 1.82) is 0 Å². The van der Waals surface area contributed by atoms with Crippen LogP contribution in [0.25, 0.3) is 0 Å².